The van der Waals surface area contributed by atoms with Gasteiger partial charge < -0.3 is 5.32 Å². The monoisotopic (exact) mass is 313 g/mol. The first-order chi connectivity index (χ1) is 11.8. The van der Waals surface area contributed by atoms with E-state index in [0.717, 1.165) is 29.3 Å². The molecule has 24 heavy (non-hydrogen) atoms. The van der Waals surface area contributed by atoms with Crippen molar-refractivity contribution in [2.24, 2.45) is 0 Å². The highest BCUT2D eigenvalue weighted by Crippen LogP contribution is 2.29. The number of fused-ring (bicyclic) bond motifs is 1. The van der Waals surface area contributed by atoms with E-state index in [1.807, 2.05) is 30.5 Å². The lowest BCUT2D eigenvalue weighted by Gasteiger charge is -2.09. The average Bonchev–Trinajstić information content (AvgIpc) is 3.00. The predicted molar refractivity (Wildman–Crippen MR) is 99.1 cm³/mol. The van der Waals surface area contributed by atoms with Gasteiger partial charge in [-0.05, 0) is 24.6 Å². The molecule has 3 nitrogen and oxygen atoms in total. The zero-order chi connectivity index (χ0) is 16.4. The molecule has 1 N–H and O–H groups in total. The Hall–Kier alpha value is -3.07. The normalized spacial score (nSPS) is 10.9. The van der Waals surface area contributed by atoms with Crippen LogP contribution in [0.25, 0.3) is 16.9 Å². The van der Waals surface area contributed by atoms with E-state index in [4.69, 9.17) is 4.98 Å². The molecule has 0 spiro atoms. The lowest BCUT2D eigenvalue weighted by atomic mass is 10.1. The molecule has 0 aliphatic heterocycles. The summed E-state index contributed by atoms with van der Waals surface area (Å²) >= 11 is 0. The molecule has 2 heterocycles. The van der Waals surface area contributed by atoms with E-state index in [9.17, 15) is 0 Å². The van der Waals surface area contributed by atoms with Crippen molar-refractivity contribution in [2.75, 3.05) is 5.32 Å². The molecule has 4 rings (SSSR count). The number of aryl methyl sites for hydroxylation is 1. The molecule has 0 aliphatic rings. The van der Waals surface area contributed by atoms with Crippen molar-refractivity contribution in [3.05, 3.63) is 90.1 Å². The number of benzene rings is 2. The minimum Gasteiger partial charge on any atom is -0.365 e. The fourth-order valence-electron chi connectivity index (χ4n) is 2.86. The molecule has 118 valence electrons. The molecular weight excluding hydrogens is 294 g/mol. The zero-order valence-electron chi connectivity index (χ0n) is 13.6. The van der Waals surface area contributed by atoms with Crippen LogP contribution in [0.4, 0.5) is 5.82 Å². The Balaban J connectivity index is 1.77. The first-order valence-electron chi connectivity index (χ1n) is 8.13. The van der Waals surface area contributed by atoms with E-state index < -0.39 is 0 Å². The smallest absolute Gasteiger partial charge is 0.139 e. The lowest BCUT2D eigenvalue weighted by molar-refractivity contribution is 1.08. The van der Waals surface area contributed by atoms with E-state index in [1.165, 1.54) is 11.1 Å². The Morgan fingerprint density at radius 1 is 0.875 bits per heavy atom. The van der Waals surface area contributed by atoms with Crippen molar-refractivity contribution in [3.8, 4) is 11.3 Å². The molecule has 2 aromatic carbocycles. The summed E-state index contributed by atoms with van der Waals surface area (Å²) in [6.45, 7) is 2.87. The summed E-state index contributed by atoms with van der Waals surface area (Å²) in [5, 5.41) is 3.57. The van der Waals surface area contributed by atoms with Gasteiger partial charge >= 0.3 is 0 Å². The maximum atomic E-state index is 4.83. The van der Waals surface area contributed by atoms with Crippen molar-refractivity contribution in [2.45, 2.75) is 13.5 Å². The van der Waals surface area contributed by atoms with Crippen LogP contribution in [0.1, 0.15) is 11.1 Å². The molecule has 2 aromatic heterocycles. The van der Waals surface area contributed by atoms with Crippen molar-refractivity contribution in [1.29, 1.82) is 0 Å². The number of pyridine rings is 1. The van der Waals surface area contributed by atoms with E-state index in [2.05, 4.69) is 65.2 Å². The van der Waals surface area contributed by atoms with Crippen LogP contribution in [-0.4, -0.2) is 9.38 Å². The van der Waals surface area contributed by atoms with Crippen LogP contribution in [0.3, 0.4) is 0 Å². The standard InChI is InChI=1S/C21H19N3/c1-16-10-12-18(13-11-16)20-21(22-15-17-7-3-2-4-8-17)24-14-6-5-9-19(24)23-20/h2-14,22H,15H2,1H3. The summed E-state index contributed by atoms with van der Waals surface area (Å²) < 4.78 is 2.11. The first-order valence-corrected chi connectivity index (χ1v) is 8.13. The van der Waals surface area contributed by atoms with Crippen LogP contribution in [-0.2, 0) is 6.54 Å². The maximum absolute atomic E-state index is 4.83. The number of hydrogen-bond acceptors (Lipinski definition) is 2. The molecule has 4 aromatic rings. The largest absolute Gasteiger partial charge is 0.365 e. The van der Waals surface area contributed by atoms with Crippen LogP contribution in [0.5, 0.6) is 0 Å². The topological polar surface area (TPSA) is 29.3 Å². The number of hydrogen-bond donors (Lipinski definition) is 1. The minimum absolute atomic E-state index is 0.766. The van der Waals surface area contributed by atoms with Gasteiger partial charge in [0, 0.05) is 18.3 Å². The van der Waals surface area contributed by atoms with Gasteiger partial charge in [0.1, 0.15) is 17.2 Å². The molecule has 0 amide bonds. The summed E-state index contributed by atoms with van der Waals surface area (Å²) in [7, 11) is 0. The van der Waals surface area contributed by atoms with Crippen LogP contribution < -0.4 is 5.32 Å². The highest BCUT2D eigenvalue weighted by molar-refractivity contribution is 5.76. The second kappa shape index (κ2) is 6.20. The molecule has 3 heteroatoms. The van der Waals surface area contributed by atoms with Gasteiger partial charge in [0.2, 0.25) is 0 Å². The van der Waals surface area contributed by atoms with Gasteiger partial charge in [-0.25, -0.2) is 4.98 Å². The number of imidazole rings is 1. The summed E-state index contributed by atoms with van der Waals surface area (Å²) in [5.74, 6) is 1.03. The number of nitrogens with zero attached hydrogens (tertiary/aromatic N) is 2. The first kappa shape index (κ1) is 14.5. The highest BCUT2D eigenvalue weighted by Gasteiger charge is 2.13. The van der Waals surface area contributed by atoms with Crippen molar-refractivity contribution < 1.29 is 0 Å². The van der Waals surface area contributed by atoms with E-state index in [0.29, 0.717) is 0 Å². The van der Waals surface area contributed by atoms with Gasteiger partial charge in [-0.2, -0.15) is 0 Å². The van der Waals surface area contributed by atoms with Crippen molar-refractivity contribution >= 4 is 11.5 Å². The van der Waals surface area contributed by atoms with Crippen molar-refractivity contribution in [1.82, 2.24) is 9.38 Å². The Bertz CT molecular complexity index is 953. The fourth-order valence-corrected chi connectivity index (χ4v) is 2.86. The Morgan fingerprint density at radius 3 is 2.42 bits per heavy atom. The maximum Gasteiger partial charge on any atom is 0.139 e. The molecule has 0 fully saturated rings. The predicted octanol–water partition coefficient (Wildman–Crippen LogP) is 4.92. The molecule has 0 unspecified atom stereocenters. The number of aromatic nitrogens is 2. The number of anilines is 1. The molecule has 0 saturated heterocycles. The quantitative estimate of drug-likeness (QED) is 0.579. The second-order valence-electron chi connectivity index (χ2n) is 5.94. The third kappa shape index (κ3) is 2.76. The number of nitrogens with one attached hydrogen (secondary N) is 1. The van der Waals surface area contributed by atoms with Crippen LogP contribution in [0, 0.1) is 6.92 Å². The van der Waals surface area contributed by atoms with Crippen molar-refractivity contribution in [3.63, 3.8) is 0 Å². The van der Waals surface area contributed by atoms with Gasteiger partial charge in [-0.1, -0.05) is 66.2 Å². The van der Waals surface area contributed by atoms with E-state index in [1.54, 1.807) is 0 Å². The van der Waals surface area contributed by atoms with Gasteiger partial charge in [-0.3, -0.25) is 4.40 Å². The molecule has 0 atom stereocenters. The van der Waals surface area contributed by atoms with Crippen LogP contribution >= 0.6 is 0 Å². The number of rotatable bonds is 4. The third-order valence-corrected chi connectivity index (χ3v) is 4.16. The third-order valence-electron chi connectivity index (χ3n) is 4.16. The van der Waals surface area contributed by atoms with E-state index in [-0.39, 0.29) is 0 Å². The second-order valence-corrected chi connectivity index (χ2v) is 5.94. The Labute approximate surface area is 141 Å². The van der Waals surface area contributed by atoms with Gasteiger partial charge in [0.15, 0.2) is 0 Å². The molecule has 0 radical (unpaired) electrons. The summed E-state index contributed by atoms with van der Waals surface area (Å²) in [6, 6.07) is 25.0. The SMILES string of the molecule is Cc1ccc(-c2nc3ccccn3c2NCc2ccccc2)cc1. The lowest BCUT2D eigenvalue weighted by Crippen LogP contribution is -2.03. The Kier molecular flexibility index (Phi) is 3.75. The van der Waals surface area contributed by atoms with Gasteiger partial charge in [0.05, 0.1) is 0 Å². The molecule has 0 saturated carbocycles. The average molecular weight is 313 g/mol. The minimum atomic E-state index is 0.766. The highest BCUT2D eigenvalue weighted by atomic mass is 15.1. The van der Waals surface area contributed by atoms with Gasteiger partial charge in [-0.15, -0.1) is 0 Å². The van der Waals surface area contributed by atoms with Crippen LogP contribution in [0.2, 0.25) is 0 Å². The summed E-state index contributed by atoms with van der Waals surface area (Å²) in [4.78, 5) is 4.83. The summed E-state index contributed by atoms with van der Waals surface area (Å²) in [6.07, 6.45) is 2.05. The molecular formula is C21H19N3. The molecule has 0 bridgehead atoms. The molecule has 0 aliphatic carbocycles. The zero-order valence-corrected chi connectivity index (χ0v) is 13.6. The van der Waals surface area contributed by atoms with Gasteiger partial charge in [0.25, 0.3) is 0 Å². The fraction of sp³-hybridized carbons (Fsp3) is 0.0952. The summed E-state index contributed by atoms with van der Waals surface area (Å²) in [5.41, 5.74) is 5.56. The van der Waals surface area contributed by atoms with Crippen LogP contribution in [0.15, 0.2) is 79.0 Å². The van der Waals surface area contributed by atoms with E-state index >= 15 is 0 Å². The Morgan fingerprint density at radius 2 is 1.62 bits per heavy atom.